The molecule has 0 bridgehead atoms. The molecule has 1 aliphatic carbocycles. The number of phenols is 1. The molecule has 2 nitrogen and oxygen atoms in total. The smallest absolute Gasteiger partial charge is 0.165 e. The van der Waals surface area contributed by atoms with Crippen LogP contribution in [0, 0.1) is 17.7 Å². The normalized spacial score (nSPS) is 28.3. The Morgan fingerprint density at radius 3 is 2.56 bits per heavy atom. The Hall–Kier alpha value is -1.09. The monoisotopic (exact) mass is 251 g/mol. The van der Waals surface area contributed by atoms with E-state index in [2.05, 4.69) is 19.2 Å². The van der Waals surface area contributed by atoms with E-state index in [4.69, 9.17) is 0 Å². The van der Waals surface area contributed by atoms with Crippen LogP contribution >= 0.6 is 0 Å². The predicted molar refractivity (Wildman–Crippen MR) is 70.9 cm³/mol. The number of nitrogens with one attached hydrogen (secondary N) is 1. The van der Waals surface area contributed by atoms with E-state index in [-0.39, 0.29) is 5.75 Å². The minimum atomic E-state index is -0.542. The summed E-state index contributed by atoms with van der Waals surface area (Å²) in [5, 5.41) is 13.1. The zero-order chi connectivity index (χ0) is 13.1. The number of phenolic OH excluding ortho intramolecular Hbond substituents is 1. The van der Waals surface area contributed by atoms with Gasteiger partial charge in [-0.3, -0.25) is 0 Å². The molecule has 0 saturated heterocycles. The van der Waals surface area contributed by atoms with Gasteiger partial charge in [0.05, 0.1) is 0 Å². The Bertz CT molecular complexity index is 397. The Morgan fingerprint density at radius 1 is 1.22 bits per heavy atom. The number of rotatable bonds is 3. The van der Waals surface area contributed by atoms with Crippen molar-refractivity contribution in [3.8, 4) is 5.75 Å². The number of aromatic hydroxyl groups is 1. The highest BCUT2D eigenvalue weighted by molar-refractivity contribution is 5.33. The largest absolute Gasteiger partial charge is 0.505 e. The average Bonchev–Trinajstić information content (AvgIpc) is 2.30. The Balaban J connectivity index is 1.93. The maximum Gasteiger partial charge on any atom is 0.165 e. The van der Waals surface area contributed by atoms with Crippen molar-refractivity contribution in [2.75, 3.05) is 0 Å². The lowest BCUT2D eigenvalue weighted by atomic mass is 9.80. The van der Waals surface area contributed by atoms with Crippen molar-refractivity contribution in [3.05, 3.63) is 29.6 Å². The lowest BCUT2D eigenvalue weighted by molar-refractivity contribution is 0.237. The van der Waals surface area contributed by atoms with E-state index in [0.29, 0.717) is 18.2 Å². The molecule has 0 radical (unpaired) electrons. The maximum absolute atomic E-state index is 13.2. The van der Waals surface area contributed by atoms with Gasteiger partial charge in [0.25, 0.3) is 0 Å². The first-order valence-corrected chi connectivity index (χ1v) is 6.76. The van der Waals surface area contributed by atoms with E-state index >= 15 is 0 Å². The van der Waals surface area contributed by atoms with Crippen LogP contribution in [-0.4, -0.2) is 11.1 Å². The van der Waals surface area contributed by atoms with Gasteiger partial charge in [0, 0.05) is 18.2 Å². The van der Waals surface area contributed by atoms with Gasteiger partial charge in [-0.25, -0.2) is 4.39 Å². The molecule has 3 heteroatoms. The Kier molecular flexibility index (Phi) is 4.23. The lowest BCUT2D eigenvalue weighted by Crippen LogP contribution is -2.35. The van der Waals surface area contributed by atoms with Crippen LogP contribution in [-0.2, 0) is 6.54 Å². The first-order valence-electron chi connectivity index (χ1n) is 6.76. The first-order chi connectivity index (χ1) is 8.56. The summed E-state index contributed by atoms with van der Waals surface area (Å²) >= 11 is 0. The zero-order valence-electron chi connectivity index (χ0n) is 11.1. The van der Waals surface area contributed by atoms with Crippen molar-refractivity contribution in [3.63, 3.8) is 0 Å². The van der Waals surface area contributed by atoms with Gasteiger partial charge in [0.2, 0.25) is 0 Å². The van der Waals surface area contributed by atoms with Crippen LogP contribution in [0.4, 0.5) is 4.39 Å². The maximum atomic E-state index is 13.2. The number of hydrogen-bond acceptors (Lipinski definition) is 2. The van der Waals surface area contributed by atoms with Crippen molar-refractivity contribution < 1.29 is 9.50 Å². The third-order valence-electron chi connectivity index (χ3n) is 3.83. The average molecular weight is 251 g/mol. The molecule has 2 rings (SSSR count). The SMILES string of the molecule is CC1CC(C)CC(NCc2cccc(F)c2O)C1. The molecule has 1 aromatic carbocycles. The summed E-state index contributed by atoms with van der Waals surface area (Å²) < 4.78 is 13.2. The van der Waals surface area contributed by atoms with E-state index in [0.717, 1.165) is 11.8 Å². The summed E-state index contributed by atoms with van der Waals surface area (Å²) in [4.78, 5) is 0. The van der Waals surface area contributed by atoms with Crippen LogP contribution in [0.15, 0.2) is 18.2 Å². The summed E-state index contributed by atoms with van der Waals surface area (Å²) in [7, 11) is 0. The van der Waals surface area contributed by atoms with Crippen LogP contribution in [0.25, 0.3) is 0 Å². The standard InChI is InChI=1S/C15H22FNO/c1-10-6-11(2)8-13(7-10)17-9-12-4-3-5-14(16)15(12)18/h3-5,10-11,13,17-18H,6-9H2,1-2H3. The van der Waals surface area contributed by atoms with E-state index < -0.39 is 5.82 Å². The molecule has 0 heterocycles. The molecule has 1 aromatic rings. The highest BCUT2D eigenvalue weighted by Gasteiger charge is 2.23. The van der Waals surface area contributed by atoms with E-state index in [9.17, 15) is 9.50 Å². The van der Waals surface area contributed by atoms with Gasteiger partial charge in [0.15, 0.2) is 11.6 Å². The summed E-state index contributed by atoms with van der Waals surface area (Å²) in [6.45, 7) is 5.10. The fourth-order valence-electron chi connectivity index (χ4n) is 3.07. The fraction of sp³-hybridized carbons (Fsp3) is 0.600. The molecule has 0 aliphatic heterocycles. The Labute approximate surface area is 108 Å². The van der Waals surface area contributed by atoms with Crippen molar-refractivity contribution in [2.45, 2.75) is 45.7 Å². The Morgan fingerprint density at radius 2 is 1.89 bits per heavy atom. The van der Waals surface area contributed by atoms with Crippen LogP contribution in [0.5, 0.6) is 5.75 Å². The molecule has 2 unspecified atom stereocenters. The lowest BCUT2D eigenvalue weighted by Gasteiger charge is -2.32. The molecule has 1 aliphatic rings. The molecule has 1 fully saturated rings. The third kappa shape index (κ3) is 3.22. The minimum Gasteiger partial charge on any atom is -0.505 e. The van der Waals surface area contributed by atoms with E-state index in [1.54, 1.807) is 12.1 Å². The van der Waals surface area contributed by atoms with Gasteiger partial charge >= 0.3 is 0 Å². The second-order valence-corrected chi connectivity index (χ2v) is 5.74. The highest BCUT2D eigenvalue weighted by Crippen LogP contribution is 2.29. The summed E-state index contributed by atoms with van der Waals surface area (Å²) in [6.07, 6.45) is 3.63. The molecule has 2 atom stereocenters. The molecule has 18 heavy (non-hydrogen) atoms. The second kappa shape index (κ2) is 5.70. The molecule has 1 saturated carbocycles. The summed E-state index contributed by atoms with van der Waals surface area (Å²) in [6, 6.07) is 5.16. The molecule has 0 spiro atoms. The number of para-hydroxylation sites is 1. The summed E-state index contributed by atoms with van der Waals surface area (Å²) in [5.41, 5.74) is 0.640. The van der Waals surface area contributed by atoms with Crippen molar-refractivity contribution >= 4 is 0 Å². The summed E-state index contributed by atoms with van der Waals surface area (Å²) in [5.74, 6) is 0.723. The van der Waals surface area contributed by atoms with Crippen molar-refractivity contribution in [1.82, 2.24) is 5.32 Å². The van der Waals surface area contributed by atoms with Gasteiger partial charge in [-0.2, -0.15) is 0 Å². The number of benzene rings is 1. The van der Waals surface area contributed by atoms with Gasteiger partial charge in [0.1, 0.15) is 0 Å². The molecular weight excluding hydrogens is 229 g/mol. The van der Waals surface area contributed by atoms with Gasteiger partial charge in [-0.1, -0.05) is 26.0 Å². The topological polar surface area (TPSA) is 32.3 Å². The van der Waals surface area contributed by atoms with Crippen LogP contribution in [0.3, 0.4) is 0 Å². The number of halogens is 1. The van der Waals surface area contributed by atoms with Crippen molar-refractivity contribution in [1.29, 1.82) is 0 Å². The quantitative estimate of drug-likeness (QED) is 0.862. The first kappa shape index (κ1) is 13.3. The van der Waals surface area contributed by atoms with Crippen LogP contribution < -0.4 is 5.32 Å². The highest BCUT2D eigenvalue weighted by atomic mass is 19.1. The van der Waals surface area contributed by atoms with Gasteiger partial charge < -0.3 is 10.4 Å². The van der Waals surface area contributed by atoms with Gasteiger partial charge in [-0.15, -0.1) is 0 Å². The minimum absolute atomic E-state index is 0.220. The number of hydrogen-bond donors (Lipinski definition) is 2. The molecule has 100 valence electrons. The van der Waals surface area contributed by atoms with E-state index in [1.165, 1.54) is 25.3 Å². The van der Waals surface area contributed by atoms with Crippen LogP contribution in [0.1, 0.15) is 38.7 Å². The predicted octanol–water partition coefficient (Wildman–Crippen LogP) is 3.45. The molecule has 0 aromatic heterocycles. The zero-order valence-corrected chi connectivity index (χ0v) is 11.1. The van der Waals surface area contributed by atoms with Gasteiger partial charge in [-0.05, 0) is 37.2 Å². The van der Waals surface area contributed by atoms with Crippen molar-refractivity contribution in [2.24, 2.45) is 11.8 Å². The van der Waals surface area contributed by atoms with Crippen LogP contribution in [0.2, 0.25) is 0 Å². The fourth-order valence-corrected chi connectivity index (χ4v) is 3.07. The molecule has 0 amide bonds. The third-order valence-corrected chi connectivity index (χ3v) is 3.83. The molecular formula is C15H22FNO. The second-order valence-electron chi connectivity index (χ2n) is 5.74. The van der Waals surface area contributed by atoms with E-state index in [1.807, 2.05) is 0 Å². The molecule has 2 N–H and O–H groups in total.